The van der Waals surface area contributed by atoms with Crippen LogP contribution in [0.15, 0.2) is 34.8 Å². The van der Waals surface area contributed by atoms with Crippen molar-refractivity contribution in [3.8, 4) is 23.2 Å². The molecule has 2 saturated heterocycles. The number of rotatable bonds is 11. The zero-order valence-electron chi connectivity index (χ0n) is 32.5. The van der Waals surface area contributed by atoms with Crippen LogP contribution in [0.5, 0.6) is 11.8 Å². The third-order valence-corrected chi connectivity index (χ3v) is 19.1. The van der Waals surface area contributed by atoms with Crippen molar-refractivity contribution in [3.63, 3.8) is 0 Å². The van der Waals surface area contributed by atoms with E-state index in [0.29, 0.717) is 54.2 Å². The number of fused-ring (bicyclic) bond motifs is 3. The molecule has 3 atom stereocenters. The van der Waals surface area contributed by atoms with E-state index < -0.39 is 13.7 Å². The first kappa shape index (κ1) is 40.6. The van der Waals surface area contributed by atoms with Crippen molar-refractivity contribution < 1.29 is 23.7 Å². The van der Waals surface area contributed by atoms with Crippen LogP contribution in [-0.2, 0) is 16.1 Å². The van der Waals surface area contributed by atoms with Gasteiger partial charge in [-0.25, -0.2) is 4.79 Å². The summed E-state index contributed by atoms with van der Waals surface area (Å²) in [5, 5.41) is 0.866. The molecule has 0 spiro atoms. The van der Waals surface area contributed by atoms with E-state index in [1.54, 1.807) is 7.11 Å². The van der Waals surface area contributed by atoms with Crippen LogP contribution in [0.4, 0.5) is 10.6 Å². The lowest BCUT2D eigenvalue weighted by molar-refractivity contribution is 0.0214. The Morgan fingerprint density at radius 1 is 1.00 bits per heavy atom. The van der Waals surface area contributed by atoms with Gasteiger partial charge in [0.25, 0.3) is 0 Å². The zero-order valence-corrected chi connectivity index (χ0v) is 37.2. The Balaban J connectivity index is 1.44. The Hall–Kier alpha value is -2.60. The number of carbonyl (C=O) groups excluding carboxylic acids is 1. The molecule has 0 aliphatic carbocycles. The number of methoxy groups -OCH3 is 1. The van der Waals surface area contributed by atoms with Crippen molar-refractivity contribution in [3.05, 3.63) is 49.5 Å². The van der Waals surface area contributed by atoms with Gasteiger partial charge in [0.2, 0.25) is 0 Å². The van der Waals surface area contributed by atoms with Gasteiger partial charge in [-0.15, -0.1) is 5.54 Å². The van der Waals surface area contributed by atoms with Gasteiger partial charge >= 0.3 is 12.1 Å². The minimum Gasteiger partial charge on any atom is -0.485 e. The molecule has 2 aliphatic heterocycles. The lowest BCUT2D eigenvalue weighted by Gasteiger charge is -2.38. The summed E-state index contributed by atoms with van der Waals surface area (Å²) < 4.78 is 25.7. The lowest BCUT2D eigenvalue weighted by Crippen LogP contribution is -2.50. The minimum absolute atomic E-state index is 0.0283. The maximum Gasteiger partial charge on any atom is 0.410 e. The summed E-state index contributed by atoms with van der Waals surface area (Å²) in [6.45, 7) is 23.5. The van der Waals surface area contributed by atoms with Gasteiger partial charge < -0.3 is 28.7 Å². The van der Waals surface area contributed by atoms with Gasteiger partial charge in [-0.1, -0.05) is 59.6 Å². The second-order valence-corrected chi connectivity index (χ2v) is 23.6. The van der Waals surface area contributed by atoms with Crippen LogP contribution in [-0.4, -0.2) is 79.6 Å². The molecule has 0 unspecified atom stereocenters. The van der Waals surface area contributed by atoms with E-state index in [9.17, 15) is 4.79 Å². The van der Waals surface area contributed by atoms with Crippen LogP contribution < -0.4 is 14.4 Å². The van der Waals surface area contributed by atoms with Crippen LogP contribution in [0, 0.1) is 15.0 Å². The number of ether oxygens (including phenoxy) is 4. The molecule has 9 nitrogen and oxygen atoms in total. The largest absolute Gasteiger partial charge is 0.485 e. The average Bonchev–Trinajstić information content (AvgIpc) is 3.69. The SMILES string of the molecule is CO[C@@H](C)COc1nc(N2C[C@@H]3C[C@H]2CN3C(=O)OC(C)(C)C)c2cc(I)c(Br)c(OCc3ccc(C#C[Si](C(C)C)(C(C)C)C(C)C)cc3)c2n1. The standard InChI is InChI=1S/C40H54BrIN4O5Si/c1-24(2)52(25(3)4,26(5)6)17-16-28-12-14-29(15-13-28)23-49-36-34(41)33(42)19-32-35(36)43-38(50-22-27(7)48-11)44-37(32)45-20-31-18-30(45)21-46(31)39(47)51-40(8,9)10/h12-15,19,24-27,30-31H,18,20-23H2,1-11H3/t27-,30-,31-/m0/s1. The van der Waals surface area contributed by atoms with Crippen LogP contribution in [0.2, 0.25) is 16.6 Å². The van der Waals surface area contributed by atoms with Gasteiger partial charge in [0, 0.05) is 34.7 Å². The van der Waals surface area contributed by atoms with Gasteiger partial charge in [0.05, 0.1) is 22.7 Å². The fourth-order valence-electron chi connectivity index (χ4n) is 7.75. The van der Waals surface area contributed by atoms with Crippen molar-refractivity contribution in [1.29, 1.82) is 0 Å². The molecule has 2 bridgehead atoms. The van der Waals surface area contributed by atoms with E-state index in [-0.39, 0.29) is 30.3 Å². The van der Waals surface area contributed by atoms with E-state index in [0.717, 1.165) is 36.8 Å². The Labute approximate surface area is 333 Å². The normalized spacial score (nSPS) is 18.0. The molecular formula is C40H54BrIN4O5Si. The van der Waals surface area contributed by atoms with Gasteiger partial charge in [-0.05, 0) is 113 Å². The van der Waals surface area contributed by atoms with Crippen molar-refractivity contribution in [2.75, 3.05) is 31.7 Å². The maximum absolute atomic E-state index is 13.0. The number of benzene rings is 2. The molecule has 2 fully saturated rings. The first-order valence-corrected chi connectivity index (χ1v) is 22.4. The number of likely N-dealkylation sites (tertiary alicyclic amines) is 1. The van der Waals surface area contributed by atoms with Gasteiger partial charge in [-0.3, -0.25) is 0 Å². The predicted molar refractivity (Wildman–Crippen MR) is 223 cm³/mol. The van der Waals surface area contributed by atoms with E-state index in [4.69, 9.17) is 28.9 Å². The first-order chi connectivity index (χ1) is 24.4. The molecule has 12 heteroatoms. The zero-order chi connectivity index (χ0) is 38.1. The van der Waals surface area contributed by atoms with Gasteiger partial charge in [-0.2, -0.15) is 9.97 Å². The molecular weight excluding hydrogens is 851 g/mol. The highest BCUT2D eigenvalue weighted by molar-refractivity contribution is 14.1. The number of hydrogen-bond acceptors (Lipinski definition) is 8. The molecule has 3 heterocycles. The number of amides is 1. The summed E-state index contributed by atoms with van der Waals surface area (Å²) in [5.74, 6) is 4.95. The van der Waals surface area contributed by atoms with Crippen molar-refractivity contribution >= 4 is 69.4 Å². The number of anilines is 1. The number of carbonyl (C=O) groups is 1. The van der Waals surface area contributed by atoms with Crippen LogP contribution >= 0.6 is 38.5 Å². The summed E-state index contributed by atoms with van der Waals surface area (Å²) in [6, 6.07) is 10.8. The highest BCUT2D eigenvalue weighted by Gasteiger charge is 2.48. The Bertz CT molecular complexity index is 1800. The summed E-state index contributed by atoms with van der Waals surface area (Å²) >= 11 is 6.13. The average molecular weight is 906 g/mol. The van der Waals surface area contributed by atoms with Gasteiger partial charge in [0.1, 0.15) is 38.2 Å². The molecule has 2 aromatic carbocycles. The second-order valence-electron chi connectivity index (χ2n) is 16.0. The second kappa shape index (κ2) is 16.4. The monoisotopic (exact) mass is 904 g/mol. The van der Waals surface area contributed by atoms with Crippen LogP contribution in [0.25, 0.3) is 10.9 Å². The third-order valence-electron chi connectivity index (χ3n) is 10.4. The molecule has 5 rings (SSSR count). The number of aromatic nitrogens is 2. The molecule has 1 amide bonds. The maximum atomic E-state index is 13.0. The number of halogens is 2. The fourth-order valence-corrected chi connectivity index (χ4v) is 13.9. The van der Waals surface area contributed by atoms with Crippen molar-refractivity contribution in [2.45, 2.75) is 123 Å². The Morgan fingerprint density at radius 2 is 1.65 bits per heavy atom. The molecule has 1 aromatic heterocycles. The van der Waals surface area contributed by atoms with Crippen molar-refractivity contribution in [1.82, 2.24) is 14.9 Å². The van der Waals surface area contributed by atoms with E-state index >= 15 is 0 Å². The highest BCUT2D eigenvalue weighted by atomic mass is 127. The molecule has 3 aromatic rings. The number of piperazine rings is 1. The van der Waals surface area contributed by atoms with Gasteiger partial charge in [0.15, 0.2) is 5.75 Å². The lowest BCUT2D eigenvalue weighted by atomic mass is 10.1. The topological polar surface area (TPSA) is 86.3 Å². The molecule has 52 heavy (non-hydrogen) atoms. The highest BCUT2D eigenvalue weighted by Crippen LogP contribution is 2.44. The smallest absolute Gasteiger partial charge is 0.410 e. The quantitative estimate of drug-likeness (QED) is 0.107. The molecule has 0 saturated carbocycles. The van der Waals surface area contributed by atoms with E-state index in [1.165, 1.54) is 0 Å². The Morgan fingerprint density at radius 3 is 2.21 bits per heavy atom. The minimum atomic E-state index is -1.82. The predicted octanol–water partition coefficient (Wildman–Crippen LogP) is 9.76. The summed E-state index contributed by atoms with van der Waals surface area (Å²) in [6.07, 6.45) is 0.435. The fraction of sp³-hybridized carbons (Fsp3) is 0.575. The summed E-state index contributed by atoms with van der Waals surface area (Å²) in [5.41, 5.74) is 7.74. The molecule has 2 aliphatic rings. The summed E-state index contributed by atoms with van der Waals surface area (Å²) in [4.78, 5) is 27.0. The molecule has 0 N–H and O–H groups in total. The summed E-state index contributed by atoms with van der Waals surface area (Å²) in [7, 11) is -0.172. The molecule has 0 radical (unpaired) electrons. The number of hydrogen-bond donors (Lipinski definition) is 0. The van der Waals surface area contributed by atoms with E-state index in [2.05, 4.69) is 127 Å². The Kier molecular flexibility index (Phi) is 12.8. The van der Waals surface area contributed by atoms with E-state index in [1.807, 2.05) is 32.6 Å². The first-order valence-electron chi connectivity index (χ1n) is 18.3. The van der Waals surface area contributed by atoms with Crippen molar-refractivity contribution in [2.24, 2.45) is 0 Å². The van der Waals surface area contributed by atoms with Crippen LogP contribution in [0.1, 0.15) is 86.8 Å². The third kappa shape index (κ3) is 8.68. The molecule has 282 valence electrons. The number of nitrogens with zero attached hydrogens (tertiary/aromatic N) is 4. The van der Waals surface area contributed by atoms with Crippen LogP contribution in [0.3, 0.4) is 0 Å².